The molecule has 0 saturated heterocycles. The molecule has 17 heavy (non-hydrogen) atoms. The fourth-order valence-corrected chi connectivity index (χ4v) is 1.86. The number of rotatable bonds is 2. The monoisotopic (exact) mass is 222 g/mol. The maximum absolute atomic E-state index is 4.55. The Bertz CT molecular complexity index is 641. The van der Waals surface area contributed by atoms with E-state index < -0.39 is 0 Å². The van der Waals surface area contributed by atoms with Gasteiger partial charge in [0, 0.05) is 12.7 Å². The number of nitrogens with one attached hydrogen (secondary N) is 1. The minimum absolute atomic E-state index is 0.845. The molecule has 0 unspecified atom stereocenters. The Morgan fingerprint density at radius 2 is 1.88 bits per heavy atom. The van der Waals surface area contributed by atoms with Gasteiger partial charge in [0.05, 0.1) is 11.0 Å². The van der Waals surface area contributed by atoms with Gasteiger partial charge in [0.1, 0.15) is 0 Å². The van der Waals surface area contributed by atoms with Gasteiger partial charge in [-0.3, -0.25) is 0 Å². The van der Waals surface area contributed by atoms with Crippen LogP contribution in [0.1, 0.15) is 0 Å². The summed E-state index contributed by atoms with van der Waals surface area (Å²) in [5.41, 5.74) is 3.14. The summed E-state index contributed by atoms with van der Waals surface area (Å²) in [5.74, 6) is 0.845. The molecule has 0 amide bonds. The van der Waals surface area contributed by atoms with Crippen molar-refractivity contribution in [3.8, 4) is 0 Å². The van der Waals surface area contributed by atoms with E-state index in [1.54, 1.807) is 0 Å². The molecular formula is C14H12N3. The molecule has 3 nitrogen and oxygen atoms in total. The molecular weight excluding hydrogens is 210 g/mol. The zero-order valence-electron chi connectivity index (χ0n) is 9.51. The van der Waals surface area contributed by atoms with E-state index in [2.05, 4.69) is 22.4 Å². The average Bonchev–Trinajstić information content (AvgIpc) is 2.68. The Labute approximate surface area is 99.7 Å². The van der Waals surface area contributed by atoms with Crippen LogP contribution in [0, 0.1) is 6.07 Å². The lowest BCUT2D eigenvalue weighted by Crippen LogP contribution is -1.98. The minimum atomic E-state index is 0.845. The van der Waals surface area contributed by atoms with Crippen molar-refractivity contribution in [2.75, 3.05) is 5.32 Å². The molecule has 0 atom stereocenters. The van der Waals surface area contributed by atoms with Gasteiger partial charge < -0.3 is 9.88 Å². The van der Waals surface area contributed by atoms with Crippen molar-refractivity contribution >= 4 is 22.7 Å². The molecule has 3 aromatic rings. The van der Waals surface area contributed by atoms with E-state index in [-0.39, 0.29) is 0 Å². The van der Waals surface area contributed by atoms with Crippen molar-refractivity contribution in [2.45, 2.75) is 0 Å². The zero-order chi connectivity index (χ0) is 11.7. The van der Waals surface area contributed by atoms with E-state index in [0.717, 1.165) is 22.7 Å². The van der Waals surface area contributed by atoms with Crippen molar-refractivity contribution in [1.29, 1.82) is 0 Å². The first-order chi connectivity index (χ1) is 8.34. The molecule has 3 rings (SSSR count). The molecule has 1 radical (unpaired) electrons. The van der Waals surface area contributed by atoms with Crippen LogP contribution >= 0.6 is 0 Å². The van der Waals surface area contributed by atoms with Crippen molar-refractivity contribution < 1.29 is 0 Å². The fraction of sp³-hybridized carbons (Fsp3) is 0.0714. The van der Waals surface area contributed by atoms with E-state index in [1.807, 2.05) is 54.1 Å². The Morgan fingerprint density at radius 1 is 1.12 bits per heavy atom. The second kappa shape index (κ2) is 3.94. The van der Waals surface area contributed by atoms with Gasteiger partial charge in [-0.15, -0.1) is 0 Å². The maximum Gasteiger partial charge on any atom is 0.208 e. The van der Waals surface area contributed by atoms with Gasteiger partial charge in [-0.05, 0) is 30.3 Å². The predicted octanol–water partition coefficient (Wildman–Crippen LogP) is 3.12. The molecule has 0 spiro atoms. The van der Waals surface area contributed by atoms with Crippen LogP contribution < -0.4 is 5.32 Å². The SMILES string of the molecule is Cn1c(Nc2cc[c]cc2)nc2ccccc21. The van der Waals surface area contributed by atoms with Gasteiger partial charge >= 0.3 is 0 Å². The minimum Gasteiger partial charge on any atom is -0.326 e. The Balaban J connectivity index is 2.04. The fourth-order valence-electron chi connectivity index (χ4n) is 1.86. The van der Waals surface area contributed by atoms with Gasteiger partial charge in [0.15, 0.2) is 0 Å². The van der Waals surface area contributed by atoms with Gasteiger partial charge in [-0.2, -0.15) is 0 Å². The van der Waals surface area contributed by atoms with Gasteiger partial charge in [0.25, 0.3) is 0 Å². The summed E-state index contributed by atoms with van der Waals surface area (Å²) in [7, 11) is 2.01. The van der Waals surface area contributed by atoms with Crippen LogP contribution in [0.25, 0.3) is 11.0 Å². The van der Waals surface area contributed by atoms with Crippen LogP contribution in [0.3, 0.4) is 0 Å². The van der Waals surface area contributed by atoms with E-state index in [0.29, 0.717) is 0 Å². The Morgan fingerprint density at radius 3 is 2.65 bits per heavy atom. The zero-order valence-corrected chi connectivity index (χ0v) is 9.51. The highest BCUT2D eigenvalue weighted by atomic mass is 15.2. The lowest BCUT2D eigenvalue weighted by atomic mass is 10.3. The molecule has 0 aliphatic heterocycles. The largest absolute Gasteiger partial charge is 0.326 e. The number of anilines is 2. The number of aryl methyl sites for hydroxylation is 1. The van der Waals surface area contributed by atoms with E-state index in [9.17, 15) is 0 Å². The second-order valence-electron chi connectivity index (χ2n) is 3.90. The molecule has 3 heteroatoms. The number of benzene rings is 2. The molecule has 0 saturated carbocycles. The normalized spacial score (nSPS) is 10.6. The number of fused-ring (bicyclic) bond motifs is 1. The number of hydrogen-bond acceptors (Lipinski definition) is 2. The summed E-state index contributed by atoms with van der Waals surface area (Å²) < 4.78 is 2.05. The summed E-state index contributed by atoms with van der Waals surface area (Å²) in [5, 5.41) is 3.29. The van der Waals surface area contributed by atoms with Crippen molar-refractivity contribution in [3.05, 3.63) is 54.6 Å². The summed E-state index contributed by atoms with van der Waals surface area (Å²) in [4.78, 5) is 4.55. The second-order valence-corrected chi connectivity index (χ2v) is 3.90. The summed E-state index contributed by atoms with van der Waals surface area (Å²) in [6.07, 6.45) is 0. The number of imidazole rings is 1. The summed E-state index contributed by atoms with van der Waals surface area (Å²) >= 11 is 0. The van der Waals surface area contributed by atoms with Crippen LogP contribution in [0.5, 0.6) is 0 Å². The average molecular weight is 222 g/mol. The lowest BCUT2D eigenvalue weighted by Gasteiger charge is -2.05. The summed E-state index contributed by atoms with van der Waals surface area (Å²) in [6, 6.07) is 18.8. The van der Waals surface area contributed by atoms with Crippen molar-refractivity contribution in [1.82, 2.24) is 9.55 Å². The van der Waals surface area contributed by atoms with Crippen LogP contribution in [0.15, 0.2) is 48.5 Å². The molecule has 0 aliphatic rings. The number of para-hydroxylation sites is 2. The molecule has 0 bridgehead atoms. The molecule has 83 valence electrons. The molecule has 0 fully saturated rings. The standard InChI is InChI=1S/C14H12N3/c1-17-13-10-6-5-9-12(13)16-14(17)15-11-7-3-2-4-8-11/h3-10H,1H3,(H,15,16). The molecule has 2 aromatic carbocycles. The van der Waals surface area contributed by atoms with Crippen LogP contribution in [0.4, 0.5) is 11.6 Å². The summed E-state index contributed by atoms with van der Waals surface area (Å²) in [6.45, 7) is 0. The molecule has 0 aliphatic carbocycles. The molecule has 1 heterocycles. The Kier molecular flexibility index (Phi) is 2.29. The highest BCUT2D eigenvalue weighted by Crippen LogP contribution is 2.20. The highest BCUT2D eigenvalue weighted by molar-refractivity contribution is 5.79. The first kappa shape index (κ1) is 9.90. The van der Waals surface area contributed by atoms with Crippen LogP contribution in [0.2, 0.25) is 0 Å². The maximum atomic E-state index is 4.55. The van der Waals surface area contributed by atoms with Gasteiger partial charge in [0.2, 0.25) is 5.95 Å². The first-order valence-electron chi connectivity index (χ1n) is 5.49. The number of nitrogens with zero attached hydrogens (tertiary/aromatic N) is 2. The third-order valence-electron chi connectivity index (χ3n) is 2.76. The Hall–Kier alpha value is -2.29. The van der Waals surface area contributed by atoms with Crippen molar-refractivity contribution in [3.63, 3.8) is 0 Å². The van der Waals surface area contributed by atoms with E-state index in [1.165, 1.54) is 0 Å². The number of hydrogen-bond donors (Lipinski definition) is 1. The predicted molar refractivity (Wildman–Crippen MR) is 69.3 cm³/mol. The molecule has 1 N–H and O–H groups in total. The number of aromatic nitrogens is 2. The quantitative estimate of drug-likeness (QED) is 0.722. The van der Waals surface area contributed by atoms with Gasteiger partial charge in [-0.1, -0.05) is 24.3 Å². The van der Waals surface area contributed by atoms with E-state index in [4.69, 9.17) is 0 Å². The van der Waals surface area contributed by atoms with Crippen LogP contribution in [-0.4, -0.2) is 9.55 Å². The third kappa shape index (κ3) is 1.76. The smallest absolute Gasteiger partial charge is 0.208 e. The molecule has 1 aromatic heterocycles. The third-order valence-corrected chi connectivity index (χ3v) is 2.76. The van der Waals surface area contributed by atoms with Crippen LogP contribution in [-0.2, 0) is 7.05 Å². The highest BCUT2D eigenvalue weighted by Gasteiger charge is 2.06. The topological polar surface area (TPSA) is 29.9 Å². The van der Waals surface area contributed by atoms with Crippen molar-refractivity contribution in [2.24, 2.45) is 7.05 Å². The first-order valence-corrected chi connectivity index (χ1v) is 5.49. The lowest BCUT2D eigenvalue weighted by molar-refractivity contribution is 0.958. The van der Waals surface area contributed by atoms with E-state index >= 15 is 0 Å². The van der Waals surface area contributed by atoms with Gasteiger partial charge in [-0.25, -0.2) is 4.98 Å².